The van der Waals surface area contributed by atoms with Crippen molar-refractivity contribution in [3.8, 4) is 5.69 Å². The van der Waals surface area contributed by atoms with Crippen LogP contribution < -0.4 is 5.32 Å². The van der Waals surface area contributed by atoms with Gasteiger partial charge < -0.3 is 5.32 Å². The number of halogens is 2. The molecule has 0 atom stereocenters. The maximum absolute atomic E-state index is 14.1. The lowest BCUT2D eigenvalue weighted by Crippen LogP contribution is -2.24. The molecule has 2 aromatic carbocycles. The zero-order valence-corrected chi connectivity index (χ0v) is 16.1. The summed E-state index contributed by atoms with van der Waals surface area (Å²) in [5.74, 6) is -0.588. The molecular weight excluding hydrogens is 411 g/mol. The minimum absolute atomic E-state index is 0.241. The molecule has 0 fully saturated rings. The van der Waals surface area contributed by atoms with Gasteiger partial charge in [0, 0.05) is 22.1 Å². The number of hydrogen-bond acceptors (Lipinski definition) is 3. The summed E-state index contributed by atoms with van der Waals surface area (Å²) in [5, 5.41) is 2.77. The average molecular weight is 427 g/mol. The van der Waals surface area contributed by atoms with Gasteiger partial charge in [0.05, 0.1) is 23.6 Å². The first-order chi connectivity index (χ1) is 13.1. The van der Waals surface area contributed by atoms with E-state index in [1.54, 1.807) is 12.4 Å². The second-order valence-corrected chi connectivity index (χ2v) is 6.93. The van der Waals surface area contributed by atoms with Gasteiger partial charge in [0.15, 0.2) is 5.69 Å². The lowest BCUT2D eigenvalue weighted by Gasteiger charge is -2.12. The first-order valence-corrected chi connectivity index (χ1v) is 9.33. The van der Waals surface area contributed by atoms with Gasteiger partial charge in [-0.25, -0.2) is 9.37 Å². The van der Waals surface area contributed by atoms with E-state index in [0.29, 0.717) is 29.2 Å². The zero-order chi connectivity index (χ0) is 19.0. The van der Waals surface area contributed by atoms with E-state index in [-0.39, 0.29) is 18.3 Å². The van der Waals surface area contributed by atoms with Gasteiger partial charge in [-0.15, -0.1) is 0 Å². The number of amides is 1. The van der Waals surface area contributed by atoms with Crippen molar-refractivity contribution < 1.29 is 9.18 Å². The number of nitrogens with zero attached hydrogens (tertiary/aromatic N) is 3. The summed E-state index contributed by atoms with van der Waals surface area (Å²) in [6, 6.07) is 12.2. The molecule has 1 amide bonds. The summed E-state index contributed by atoms with van der Waals surface area (Å²) in [4.78, 5) is 21.4. The first-order valence-electron chi connectivity index (χ1n) is 8.54. The number of benzene rings is 2. The predicted octanol–water partition coefficient (Wildman–Crippen LogP) is 3.87. The summed E-state index contributed by atoms with van der Waals surface area (Å²) >= 11 is 3.55. The summed E-state index contributed by atoms with van der Waals surface area (Å²) in [6.07, 6.45) is 1.59. The number of nitrogens with one attached hydrogen (secondary N) is 1. The monoisotopic (exact) mass is 426 g/mol. The van der Waals surface area contributed by atoms with Crippen molar-refractivity contribution in [2.24, 2.45) is 4.99 Å². The summed E-state index contributed by atoms with van der Waals surface area (Å²) in [6.45, 7) is 2.63. The van der Waals surface area contributed by atoms with Gasteiger partial charge in [0.2, 0.25) is 0 Å². The van der Waals surface area contributed by atoms with Crippen LogP contribution in [0, 0.1) is 5.82 Å². The molecule has 4 rings (SSSR count). The minimum Gasteiger partial charge on any atom is -0.351 e. The van der Waals surface area contributed by atoms with Crippen molar-refractivity contribution in [2.45, 2.75) is 13.5 Å². The van der Waals surface area contributed by atoms with Crippen LogP contribution in [0.25, 0.3) is 5.69 Å². The van der Waals surface area contributed by atoms with Crippen LogP contribution in [0.5, 0.6) is 0 Å². The van der Waals surface area contributed by atoms with Crippen LogP contribution in [0.1, 0.15) is 34.2 Å². The summed E-state index contributed by atoms with van der Waals surface area (Å²) in [7, 11) is 0. The third-order valence-electron chi connectivity index (χ3n) is 4.41. The van der Waals surface area contributed by atoms with Gasteiger partial charge in [0.25, 0.3) is 5.91 Å². The van der Waals surface area contributed by atoms with Crippen LogP contribution in [-0.4, -0.2) is 27.7 Å². The maximum Gasteiger partial charge on any atom is 0.271 e. The Morgan fingerprint density at radius 2 is 2.07 bits per heavy atom. The second-order valence-electron chi connectivity index (χ2n) is 6.08. The minimum atomic E-state index is -0.346. The number of hydrogen-bond donors (Lipinski definition) is 1. The molecule has 1 N–H and O–H groups in total. The zero-order valence-electron chi connectivity index (χ0n) is 14.5. The fourth-order valence-corrected chi connectivity index (χ4v) is 3.67. The molecule has 3 aromatic rings. The molecule has 1 aromatic heterocycles. The Labute approximate surface area is 164 Å². The van der Waals surface area contributed by atoms with Crippen LogP contribution >= 0.6 is 15.9 Å². The molecule has 27 heavy (non-hydrogen) atoms. The van der Waals surface area contributed by atoms with E-state index in [1.165, 1.54) is 12.1 Å². The smallest absolute Gasteiger partial charge is 0.271 e. The lowest BCUT2D eigenvalue weighted by molar-refractivity contribution is 0.0950. The highest BCUT2D eigenvalue weighted by molar-refractivity contribution is 9.10. The number of carbonyl (C=O) groups is 1. The largest absolute Gasteiger partial charge is 0.351 e. The van der Waals surface area contributed by atoms with Gasteiger partial charge in [-0.05, 0) is 31.2 Å². The number of aliphatic imine (C=N–C) groups is 1. The van der Waals surface area contributed by atoms with E-state index in [0.717, 1.165) is 15.7 Å². The van der Waals surface area contributed by atoms with E-state index in [9.17, 15) is 9.18 Å². The van der Waals surface area contributed by atoms with E-state index >= 15 is 0 Å². The Balaban J connectivity index is 1.94. The van der Waals surface area contributed by atoms with Gasteiger partial charge in [0.1, 0.15) is 12.1 Å². The molecule has 0 unspecified atom stereocenters. The van der Waals surface area contributed by atoms with Crippen molar-refractivity contribution in [2.75, 3.05) is 6.54 Å². The molecule has 0 aliphatic carbocycles. The molecule has 1 aliphatic rings. The maximum atomic E-state index is 14.1. The Bertz CT molecular complexity index is 1070. The molecule has 0 saturated heterocycles. The van der Waals surface area contributed by atoms with Crippen LogP contribution in [0.2, 0.25) is 0 Å². The summed E-state index contributed by atoms with van der Waals surface area (Å²) in [5.41, 5.74) is 3.94. The number of imidazole rings is 1. The molecule has 0 bridgehead atoms. The quantitative estimate of drug-likeness (QED) is 0.690. The van der Waals surface area contributed by atoms with Crippen LogP contribution in [0.15, 0.2) is 58.3 Å². The van der Waals surface area contributed by atoms with Crippen molar-refractivity contribution in [3.63, 3.8) is 0 Å². The van der Waals surface area contributed by atoms with Crippen LogP contribution in [0.3, 0.4) is 0 Å². The van der Waals surface area contributed by atoms with Gasteiger partial charge in [-0.1, -0.05) is 34.1 Å². The van der Waals surface area contributed by atoms with E-state index in [1.807, 2.05) is 35.8 Å². The molecule has 0 radical (unpaired) electrons. The third kappa shape index (κ3) is 3.08. The Kier molecular flexibility index (Phi) is 4.61. The molecular formula is C20H16BrFN4O. The van der Waals surface area contributed by atoms with E-state index in [4.69, 9.17) is 4.99 Å². The molecule has 136 valence electrons. The molecule has 1 aliphatic heterocycles. The van der Waals surface area contributed by atoms with Gasteiger partial charge in [-0.2, -0.15) is 0 Å². The molecule has 0 spiro atoms. The molecule has 7 heteroatoms. The highest BCUT2D eigenvalue weighted by Crippen LogP contribution is 2.29. The average Bonchev–Trinajstić information content (AvgIpc) is 3.01. The van der Waals surface area contributed by atoms with Crippen LogP contribution in [-0.2, 0) is 6.54 Å². The first kappa shape index (κ1) is 17.6. The highest BCUT2D eigenvalue weighted by atomic mass is 79.9. The van der Waals surface area contributed by atoms with Gasteiger partial charge >= 0.3 is 0 Å². The van der Waals surface area contributed by atoms with Crippen molar-refractivity contribution in [1.82, 2.24) is 14.9 Å². The van der Waals surface area contributed by atoms with Gasteiger partial charge in [-0.3, -0.25) is 14.4 Å². The van der Waals surface area contributed by atoms with Crippen molar-refractivity contribution in [1.29, 1.82) is 0 Å². The lowest BCUT2D eigenvalue weighted by atomic mass is 10.0. The van der Waals surface area contributed by atoms with Crippen molar-refractivity contribution in [3.05, 3.63) is 81.6 Å². The Morgan fingerprint density at radius 1 is 1.26 bits per heavy atom. The van der Waals surface area contributed by atoms with Crippen molar-refractivity contribution >= 4 is 27.5 Å². The number of fused-ring (bicyclic) bond motifs is 3. The fourth-order valence-electron chi connectivity index (χ4n) is 3.20. The second kappa shape index (κ2) is 7.08. The molecule has 0 saturated carbocycles. The number of carbonyl (C=O) groups excluding carboxylic acids is 1. The highest BCUT2D eigenvalue weighted by Gasteiger charge is 2.25. The standard InChI is InChI=1S/C20H16BrFN4O/c1-2-23-20(27)19-17-10-24-18(13-5-3-4-6-15(13)21)14-9-12(22)7-8-16(14)26(17)11-25-19/h3-9,11H,2,10H2,1H3,(H,23,27). The molecule has 2 heterocycles. The third-order valence-corrected chi connectivity index (χ3v) is 5.10. The Hall–Kier alpha value is -2.80. The van der Waals surface area contributed by atoms with Crippen LogP contribution in [0.4, 0.5) is 4.39 Å². The Morgan fingerprint density at radius 3 is 2.85 bits per heavy atom. The fraction of sp³-hybridized carbons (Fsp3) is 0.150. The van der Waals surface area contributed by atoms with E-state index in [2.05, 4.69) is 26.2 Å². The topological polar surface area (TPSA) is 59.3 Å². The van der Waals surface area contributed by atoms with E-state index < -0.39 is 0 Å². The molecule has 5 nitrogen and oxygen atoms in total. The predicted molar refractivity (Wildman–Crippen MR) is 105 cm³/mol. The SMILES string of the molecule is CCNC(=O)c1ncn2c1CN=C(c1ccccc1Br)c1cc(F)ccc1-2. The normalized spacial score (nSPS) is 12.6. The summed E-state index contributed by atoms with van der Waals surface area (Å²) < 4.78 is 16.8. The number of rotatable bonds is 3. The number of aromatic nitrogens is 2.